The maximum Gasteiger partial charge on any atom is 0.338 e. The van der Waals surface area contributed by atoms with Crippen molar-refractivity contribution in [3.05, 3.63) is 75.5 Å². The highest BCUT2D eigenvalue weighted by molar-refractivity contribution is 5.89. The molecule has 0 radical (unpaired) electrons. The molecule has 0 N–H and O–H groups in total. The predicted molar refractivity (Wildman–Crippen MR) is 125 cm³/mol. The fourth-order valence-corrected chi connectivity index (χ4v) is 4.48. The second-order valence-electron chi connectivity index (χ2n) is 8.81. The van der Waals surface area contributed by atoms with Crippen molar-refractivity contribution >= 4 is 5.97 Å². The van der Waals surface area contributed by atoms with Gasteiger partial charge in [0.05, 0.1) is 5.56 Å². The van der Waals surface area contributed by atoms with E-state index in [4.69, 9.17) is 9.26 Å². The SMILES string of the molecule is Cc1cc(C)c(-c2cc(COC(=O)c3ccc(C#CC4CCCC4)c(C)c3)on2)c(C)c1. The second kappa shape index (κ2) is 9.44. The zero-order chi connectivity index (χ0) is 22.7. The van der Waals surface area contributed by atoms with Crippen LogP contribution in [0.15, 0.2) is 40.9 Å². The summed E-state index contributed by atoms with van der Waals surface area (Å²) in [4.78, 5) is 12.6. The van der Waals surface area contributed by atoms with Gasteiger partial charge in [-0.3, -0.25) is 0 Å². The van der Waals surface area contributed by atoms with E-state index in [0.717, 1.165) is 33.5 Å². The average molecular weight is 428 g/mol. The summed E-state index contributed by atoms with van der Waals surface area (Å²) in [5.74, 6) is 7.30. The lowest BCUT2D eigenvalue weighted by Crippen LogP contribution is -2.05. The highest BCUT2D eigenvalue weighted by Crippen LogP contribution is 2.28. The van der Waals surface area contributed by atoms with E-state index in [1.807, 2.05) is 25.1 Å². The molecule has 0 aliphatic heterocycles. The number of benzene rings is 2. The van der Waals surface area contributed by atoms with Crippen LogP contribution in [0.4, 0.5) is 0 Å². The van der Waals surface area contributed by atoms with Gasteiger partial charge in [-0.05, 0) is 75.4 Å². The van der Waals surface area contributed by atoms with Crippen molar-refractivity contribution in [3.63, 3.8) is 0 Å². The minimum atomic E-state index is -0.385. The largest absolute Gasteiger partial charge is 0.454 e. The van der Waals surface area contributed by atoms with Crippen molar-refractivity contribution in [3.8, 4) is 23.1 Å². The fraction of sp³-hybridized carbons (Fsp3) is 0.357. The molecule has 0 amide bonds. The van der Waals surface area contributed by atoms with Crippen LogP contribution in [0.3, 0.4) is 0 Å². The Kier molecular flexibility index (Phi) is 6.46. The Morgan fingerprint density at radius 2 is 1.75 bits per heavy atom. The maximum absolute atomic E-state index is 12.6. The molecular weight excluding hydrogens is 398 g/mol. The van der Waals surface area contributed by atoms with E-state index in [-0.39, 0.29) is 12.6 Å². The first kappa shape index (κ1) is 21.9. The minimum Gasteiger partial charge on any atom is -0.454 e. The molecule has 3 aromatic rings. The number of ether oxygens (including phenoxy) is 1. The minimum absolute atomic E-state index is 0.0398. The van der Waals surface area contributed by atoms with Crippen LogP contribution in [0.1, 0.15) is 69.6 Å². The second-order valence-corrected chi connectivity index (χ2v) is 8.81. The normalized spacial score (nSPS) is 13.6. The lowest BCUT2D eigenvalue weighted by atomic mass is 9.97. The third kappa shape index (κ3) is 4.94. The number of carbonyl (C=O) groups is 1. The molecule has 4 rings (SSSR count). The Hall–Kier alpha value is -3.32. The highest BCUT2D eigenvalue weighted by Gasteiger charge is 2.15. The summed E-state index contributed by atoms with van der Waals surface area (Å²) >= 11 is 0. The van der Waals surface area contributed by atoms with Gasteiger partial charge in [0.2, 0.25) is 0 Å². The van der Waals surface area contributed by atoms with Crippen LogP contribution in [-0.4, -0.2) is 11.1 Å². The van der Waals surface area contributed by atoms with Crippen molar-refractivity contribution in [2.75, 3.05) is 0 Å². The number of hydrogen-bond donors (Lipinski definition) is 0. The first-order valence-electron chi connectivity index (χ1n) is 11.2. The molecule has 1 fully saturated rings. The highest BCUT2D eigenvalue weighted by atomic mass is 16.5. The average Bonchev–Trinajstić information content (AvgIpc) is 3.42. The number of nitrogens with zero attached hydrogens (tertiary/aromatic N) is 1. The summed E-state index contributed by atoms with van der Waals surface area (Å²) in [6, 6.07) is 11.6. The molecular formula is C28H29NO3. The van der Waals surface area contributed by atoms with Gasteiger partial charge < -0.3 is 9.26 Å². The molecule has 0 bridgehead atoms. The van der Waals surface area contributed by atoms with Gasteiger partial charge in [-0.25, -0.2) is 4.79 Å². The molecule has 4 heteroatoms. The zero-order valence-corrected chi connectivity index (χ0v) is 19.2. The monoisotopic (exact) mass is 427 g/mol. The van der Waals surface area contributed by atoms with E-state index in [0.29, 0.717) is 17.2 Å². The molecule has 0 spiro atoms. The summed E-state index contributed by atoms with van der Waals surface area (Å²) in [7, 11) is 0. The standard InChI is InChI=1S/C28H29NO3/c1-18-13-20(3)27(21(4)14-18)26-16-25(32-29-26)17-31-28(30)24-12-11-23(19(2)15-24)10-9-22-7-5-6-8-22/h11-16,22H,5-8,17H2,1-4H3. The lowest BCUT2D eigenvalue weighted by molar-refractivity contribution is 0.0437. The van der Waals surface area contributed by atoms with Crippen LogP contribution in [-0.2, 0) is 11.3 Å². The Morgan fingerprint density at radius 3 is 2.44 bits per heavy atom. The number of rotatable bonds is 4. The van der Waals surface area contributed by atoms with Gasteiger partial charge in [0.15, 0.2) is 12.4 Å². The van der Waals surface area contributed by atoms with Crippen LogP contribution >= 0.6 is 0 Å². The number of aryl methyl sites for hydroxylation is 4. The van der Waals surface area contributed by atoms with E-state index in [9.17, 15) is 4.79 Å². The predicted octanol–water partition coefficient (Wildman–Crippen LogP) is 6.47. The Balaban J connectivity index is 1.41. The zero-order valence-electron chi connectivity index (χ0n) is 19.2. The number of aromatic nitrogens is 1. The summed E-state index contributed by atoms with van der Waals surface area (Å²) in [6.45, 7) is 8.22. The van der Waals surface area contributed by atoms with Crippen LogP contribution in [0.5, 0.6) is 0 Å². The van der Waals surface area contributed by atoms with Gasteiger partial charge in [-0.1, -0.05) is 47.5 Å². The quantitative estimate of drug-likeness (QED) is 0.353. The van der Waals surface area contributed by atoms with Gasteiger partial charge in [0.1, 0.15) is 5.69 Å². The molecule has 2 aromatic carbocycles. The molecule has 0 unspecified atom stereocenters. The van der Waals surface area contributed by atoms with Gasteiger partial charge in [0, 0.05) is 23.1 Å². The van der Waals surface area contributed by atoms with Crippen molar-refractivity contribution < 1.29 is 14.1 Å². The van der Waals surface area contributed by atoms with Crippen LogP contribution in [0.25, 0.3) is 11.3 Å². The Labute approximate surface area is 190 Å². The summed E-state index contributed by atoms with van der Waals surface area (Å²) in [5.41, 5.74) is 7.78. The molecule has 4 nitrogen and oxygen atoms in total. The van der Waals surface area contributed by atoms with E-state index in [2.05, 4.69) is 49.9 Å². The molecule has 1 aliphatic carbocycles. The Bertz CT molecular complexity index is 1180. The molecule has 1 aliphatic rings. The first-order chi connectivity index (χ1) is 15.4. The van der Waals surface area contributed by atoms with Crippen molar-refractivity contribution in [1.82, 2.24) is 5.16 Å². The van der Waals surface area contributed by atoms with Crippen molar-refractivity contribution in [2.45, 2.75) is 60.0 Å². The molecule has 1 heterocycles. The first-order valence-corrected chi connectivity index (χ1v) is 11.2. The number of esters is 1. The topological polar surface area (TPSA) is 52.3 Å². The molecule has 0 saturated heterocycles. The molecule has 1 aromatic heterocycles. The van der Waals surface area contributed by atoms with Gasteiger partial charge in [-0.15, -0.1) is 0 Å². The maximum atomic E-state index is 12.6. The lowest BCUT2D eigenvalue weighted by Gasteiger charge is -2.07. The number of carbonyl (C=O) groups excluding carboxylic acids is 1. The molecule has 1 saturated carbocycles. The van der Waals surface area contributed by atoms with Gasteiger partial charge in [0.25, 0.3) is 0 Å². The van der Waals surface area contributed by atoms with E-state index < -0.39 is 0 Å². The summed E-state index contributed by atoms with van der Waals surface area (Å²) in [5, 5.41) is 4.19. The third-order valence-corrected chi connectivity index (χ3v) is 6.07. The van der Waals surface area contributed by atoms with Crippen LogP contribution in [0, 0.1) is 45.5 Å². The number of hydrogen-bond acceptors (Lipinski definition) is 4. The third-order valence-electron chi connectivity index (χ3n) is 6.07. The van der Waals surface area contributed by atoms with Crippen molar-refractivity contribution in [2.24, 2.45) is 5.92 Å². The molecule has 0 atom stereocenters. The van der Waals surface area contributed by atoms with Gasteiger partial charge in [-0.2, -0.15) is 0 Å². The molecule has 164 valence electrons. The van der Waals surface area contributed by atoms with E-state index in [1.165, 1.54) is 31.2 Å². The van der Waals surface area contributed by atoms with Crippen molar-refractivity contribution in [1.29, 1.82) is 0 Å². The smallest absolute Gasteiger partial charge is 0.338 e. The Morgan fingerprint density at radius 1 is 1.03 bits per heavy atom. The van der Waals surface area contributed by atoms with Crippen LogP contribution < -0.4 is 0 Å². The van der Waals surface area contributed by atoms with E-state index in [1.54, 1.807) is 6.07 Å². The summed E-state index contributed by atoms with van der Waals surface area (Å²) in [6.07, 6.45) is 4.95. The van der Waals surface area contributed by atoms with E-state index >= 15 is 0 Å². The van der Waals surface area contributed by atoms with Crippen LogP contribution in [0.2, 0.25) is 0 Å². The van der Waals surface area contributed by atoms with Gasteiger partial charge >= 0.3 is 5.97 Å². The fourth-order valence-electron chi connectivity index (χ4n) is 4.48. The molecule has 32 heavy (non-hydrogen) atoms. The summed E-state index contributed by atoms with van der Waals surface area (Å²) < 4.78 is 10.9.